The molecule has 2 atom stereocenters. The topological polar surface area (TPSA) is 77.8 Å². The molecule has 0 saturated heterocycles. The molecule has 0 bridgehead atoms. The maximum absolute atomic E-state index is 10.6. The summed E-state index contributed by atoms with van der Waals surface area (Å²) in [5.41, 5.74) is 0.0480. The van der Waals surface area contributed by atoms with Crippen LogP contribution in [0.15, 0.2) is 12.2 Å². The van der Waals surface area contributed by atoms with Gasteiger partial charge in [-0.15, -0.1) is 0 Å². The Bertz CT molecular complexity index is 198. The predicted molar refractivity (Wildman–Crippen MR) is 52.9 cm³/mol. The van der Waals surface area contributed by atoms with E-state index in [4.69, 9.17) is 15.3 Å². The summed E-state index contributed by atoms with van der Waals surface area (Å²) in [6.45, 7) is 6.61. The molecule has 0 spiro atoms. The summed E-state index contributed by atoms with van der Waals surface area (Å²) < 4.78 is 0. The van der Waals surface area contributed by atoms with E-state index in [1.54, 1.807) is 13.8 Å². The number of carboxylic acids is 1. The van der Waals surface area contributed by atoms with Gasteiger partial charge in [0.2, 0.25) is 0 Å². The van der Waals surface area contributed by atoms with Crippen molar-refractivity contribution in [2.75, 3.05) is 0 Å². The molecule has 3 N–H and O–H groups in total. The standard InChI is InChI=1S/C10H18O4/c1-6(11)4-9(5-7(2)12)8(3)10(13)14/h6-7,9,11-12H,3-5H2,1-2H3,(H,13,14). The van der Waals surface area contributed by atoms with Crippen LogP contribution in [-0.2, 0) is 4.79 Å². The first-order chi connectivity index (χ1) is 6.34. The summed E-state index contributed by atoms with van der Waals surface area (Å²) in [6.07, 6.45) is -0.545. The van der Waals surface area contributed by atoms with Gasteiger partial charge in [-0.2, -0.15) is 0 Å². The number of hydrogen-bond donors (Lipinski definition) is 3. The van der Waals surface area contributed by atoms with Gasteiger partial charge >= 0.3 is 5.97 Å². The van der Waals surface area contributed by atoms with E-state index in [1.165, 1.54) is 0 Å². The van der Waals surface area contributed by atoms with Crippen molar-refractivity contribution in [3.63, 3.8) is 0 Å². The van der Waals surface area contributed by atoms with Crippen LogP contribution in [0, 0.1) is 5.92 Å². The van der Waals surface area contributed by atoms with Crippen molar-refractivity contribution in [1.29, 1.82) is 0 Å². The van der Waals surface area contributed by atoms with Gasteiger partial charge in [0.1, 0.15) is 0 Å². The molecule has 0 amide bonds. The van der Waals surface area contributed by atoms with E-state index in [1.807, 2.05) is 0 Å². The second-order valence-corrected chi connectivity index (χ2v) is 3.70. The van der Waals surface area contributed by atoms with Crippen LogP contribution in [0.2, 0.25) is 0 Å². The van der Waals surface area contributed by atoms with E-state index < -0.39 is 18.2 Å². The highest BCUT2D eigenvalue weighted by Crippen LogP contribution is 2.21. The second kappa shape index (κ2) is 5.78. The van der Waals surface area contributed by atoms with Gasteiger partial charge in [0, 0.05) is 5.57 Å². The highest BCUT2D eigenvalue weighted by Gasteiger charge is 2.21. The minimum absolute atomic E-state index is 0.0480. The Morgan fingerprint density at radius 1 is 1.21 bits per heavy atom. The molecular formula is C10H18O4. The Morgan fingerprint density at radius 2 is 1.57 bits per heavy atom. The van der Waals surface area contributed by atoms with E-state index in [9.17, 15) is 4.79 Å². The van der Waals surface area contributed by atoms with E-state index in [0.29, 0.717) is 12.8 Å². The number of aliphatic hydroxyl groups is 2. The van der Waals surface area contributed by atoms with Crippen molar-refractivity contribution in [3.05, 3.63) is 12.2 Å². The Hall–Kier alpha value is -0.870. The molecule has 0 heterocycles. The largest absolute Gasteiger partial charge is 0.478 e. The smallest absolute Gasteiger partial charge is 0.331 e. The first kappa shape index (κ1) is 13.1. The molecule has 0 aliphatic carbocycles. The number of hydrogen-bond acceptors (Lipinski definition) is 3. The molecule has 0 saturated carbocycles. The van der Waals surface area contributed by atoms with E-state index in [0.717, 1.165) is 0 Å². The van der Waals surface area contributed by atoms with E-state index in [-0.39, 0.29) is 11.5 Å². The van der Waals surface area contributed by atoms with Gasteiger partial charge < -0.3 is 15.3 Å². The summed E-state index contributed by atoms with van der Waals surface area (Å²) in [5, 5.41) is 27.0. The first-order valence-corrected chi connectivity index (χ1v) is 4.62. The highest BCUT2D eigenvalue weighted by molar-refractivity contribution is 5.86. The number of aliphatic carboxylic acids is 1. The third-order valence-corrected chi connectivity index (χ3v) is 2.02. The number of carbonyl (C=O) groups is 1. The van der Waals surface area contributed by atoms with Crippen molar-refractivity contribution in [2.45, 2.75) is 38.9 Å². The van der Waals surface area contributed by atoms with Crippen LogP contribution >= 0.6 is 0 Å². The van der Waals surface area contributed by atoms with Crippen LogP contribution in [0.1, 0.15) is 26.7 Å². The maximum Gasteiger partial charge on any atom is 0.331 e. The third kappa shape index (κ3) is 4.99. The molecule has 0 aromatic carbocycles. The average molecular weight is 202 g/mol. The van der Waals surface area contributed by atoms with Gasteiger partial charge in [-0.25, -0.2) is 4.79 Å². The lowest BCUT2D eigenvalue weighted by atomic mass is 9.89. The van der Waals surface area contributed by atoms with Gasteiger partial charge in [0.25, 0.3) is 0 Å². The van der Waals surface area contributed by atoms with Crippen molar-refractivity contribution in [3.8, 4) is 0 Å². The molecular weight excluding hydrogens is 184 g/mol. The molecule has 4 nitrogen and oxygen atoms in total. The molecule has 4 heteroatoms. The summed E-state index contributed by atoms with van der Waals surface area (Å²) in [6, 6.07) is 0. The number of aliphatic hydroxyl groups excluding tert-OH is 2. The van der Waals surface area contributed by atoms with Crippen LogP contribution in [0.5, 0.6) is 0 Å². The third-order valence-electron chi connectivity index (χ3n) is 2.02. The van der Waals surface area contributed by atoms with Crippen molar-refractivity contribution in [2.24, 2.45) is 5.92 Å². The number of carboxylic acid groups (broad SMARTS) is 1. The normalized spacial score (nSPS) is 17.1. The maximum atomic E-state index is 10.6. The molecule has 2 unspecified atom stereocenters. The summed E-state index contributed by atoms with van der Waals surface area (Å²) in [5.74, 6) is -1.44. The van der Waals surface area contributed by atoms with Crippen LogP contribution in [-0.4, -0.2) is 33.5 Å². The Kier molecular flexibility index (Phi) is 5.42. The minimum Gasteiger partial charge on any atom is -0.478 e. The van der Waals surface area contributed by atoms with Gasteiger partial charge in [-0.3, -0.25) is 0 Å². The Balaban J connectivity index is 4.38. The monoisotopic (exact) mass is 202 g/mol. The molecule has 0 aliphatic rings. The van der Waals surface area contributed by atoms with E-state index in [2.05, 4.69) is 6.58 Å². The van der Waals surface area contributed by atoms with Crippen molar-refractivity contribution in [1.82, 2.24) is 0 Å². The minimum atomic E-state index is -1.07. The van der Waals surface area contributed by atoms with Gasteiger partial charge in [-0.1, -0.05) is 6.58 Å². The van der Waals surface area contributed by atoms with Crippen LogP contribution < -0.4 is 0 Å². The molecule has 0 rings (SSSR count). The lowest BCUT2D eigenvalue weighted by Gasteiger charge is -2.19. The zero-order valence-electron chi connectivity index (χ0n) is 8.60. The molecule has 14 heavy (non-hydrogen) atoms. The predicted octanol–water partition coefficient (Wildman–Crippen LogP) is 0.785. The lowest BCUT2D eigenvalue weighted by Crippen LogP contribution is -2.20. The van der Waals surface area contributed by atoms with Crippen LogP contribution in [0.4, 0.5) is 0 Å². The second-order valence-electron chi connectivity index (χ2n) is 3.70. The zero-order valence-corrected chi connectivity index (χ0v) is 8.60. The fraction of sp³-hybridized carbons (Fsp3) is 0.700. The highest BCUT2D eigenvalue weighted by atomic mass is 16.4. The van der Waals surface area contributed by atoms with Crippen molar-refractivity contribution >= 4 is 5.97 Å². The molecule has 0 aromatic heterocycles. The Morgan fingerprint density at radius 3 is 1.79 bits per heavy atom. The fourth-order valence-corrected chi connectivity index (χ4v) is 1.38. The van der Waals surface area contributed by atoms with E-state index >= 15 is 0 Å². The zero-order chi connectivity index (χ0) is 11.3. The van der Waals surface area contributed by atoms with Gasteiger partial charge in [0.15, 0.2) is 0 Å². The summed E-state index contributed by atoms with van der Waals surface area (Å²) in [4.78, 5) is 10.6. The van der Waals surface area contributed by atoms with Crippen molar-refractivity contribution < 1.29 is 20.1 Å². The van der Waals surface area contributed by atoms with Gasteiger partial charge in [0.05, 0.1) is 12.2 Å². The van der Waals surface area contributed by atoms with Gasteiger partial charge in [-0.05, 0) is 32.6 Å². The molecule has 0 fully saturated rings. The Labute approximate surface area is 83.9 Å². The molecule has 0 radical (unpaired) electrons. The first-order valence-electron chi connectivity index (χ1n) is 4.62. The average Bonchev–Trinajstić information content (AvgIpc) is 1.99. The lowest BCUT2D eigenvalue weighted by molar-refractivity contribution is -0.133. The summed E-state index contributed by atoms with van der Waals surface area (Å²) >= 11 is 0. The summed E-state index contributed by atoms with van der Waals surface area (Å²) in [7, 11) is 0. The quantitative estimate of drug-likeness (QED) is 0.556. The number of rotatable bonds is 6. The van der Waals surface area contributed by atoms with Crippen LogP contribution in [0.25, 0.3) is 0 Å². The fourth-order valence-electron chi connectivity index (χ4n) is 1.38. The van der Waals surface area contributed by atoms with Crippen LogP contribution in [0.3, 0.4) is 0 Å². The molecule has 0 aliphatic heterocycles. The SMILES string of the molecule is C=C(C(=O)O)C(CC(C)O)CC(C)O. The molecule has 82 valence electrons. The molecule has 0 aromatic rings.